The van der Waals surface area contributed by atoms with Gasteiger partial charge in [-0.1, -0.05) is 0 Å². The highest BCUT2D eigenvalue weighted by Gasteiger charge is 2.28. The summed E-state index contributed by atoms with van der Waals surface area (Å²) >= 11 is 0. The van der Waals surface area contributed by atoms with Crippen LogP contribution in [-0.4, -0.2) is 38.7 Å². The topological polar surface area (TPSA) is 105 Å². The van der Waals surface area contributed by atoms with Gasteiger partial charge in [0, 0.05) is 11.7 Å². The van der Waals surface area contributed by atoms with Crippen LogP contribution >= 0.6 is 0 Å². The van der Waals surface area contributed by atoms with Crippen LogP contribution in [-0.2, 0) is 10.0 Å². The minimum Gasteiger partial charge on any atom is -0.496 e. The molecule has 2 atom stereocenters. The van der Waals surface area contributed by atoms with Crippen LogP contribution in [0.5, 0.6) is 5.75 Å². The SMILES string of the molecule is COc1ccc(S(=O)(=O)N[C@H]2CC[C@@H](O)C2)cc1C(=O)Nc1ccc(F)cc1. The molecule has 0 radical (unpaired) electrons. The normalized spacial score (nSPS) is 19.4. The van der Waals surface area contributed by atoms with E-state index in [1.54, 1.807) is 0 Å². The second-order valence-corrected chi connectivity index (χ2v) is 8.32. The van der Waals surface area contributed by atoms with Crippen LogP contribution < -0.4 is 14.8 Å². The fraction of sp³-hybridized carbons (Fsp3) is 0.316. The van der Waals surface area contributed by atoms with Gasteiger partial charge in [0.25, 0.3) is 5.91 Å². The third-order valence-corrected chi connectivity index (χ3v) is 6.07. The number of aliphatic hydroxyl groups excluding tert-OH is 1. The van der Waals surface area contributed by atoms with E-state index in [0.29, 0.717) is 24.9 Å². The lowest BCUT2D eigenvalue weighted by Crippen LogP contribution is -2.33. The lowest BCUT2D eigenvalue weighted by Gasteiger charge is -2.15. The van der Waals surface area contributed by atoms with Crippen molar-refractivity contribution in [2.24, 2.45) is 0 Å². The molecule has 150 valence electrons. The number of halogens is 1. The molecule has 1 amide bonds. The summed E-state index contributed by atoms with van der Waals surface area (Å²) in [6, 6.07) is 8.82. The average molecular weight is 408 g/mol. The van der Waals surface area contributed by atoms with Gasteiger partial charge in [0.15, 0.2) is 0 Å². The van der Waals surface area contributed by atoms with Crippen molar-refractivity contribution in [1.29, 1.82) is 0 Å². The maximum Gasteiger partial charge on any atom is 0.259 e. The van der Waals surface area contributed by atoms with Crippen molar-refractivity contribution >= 4 is 21.6 Å². The average Bonchev–Trinajstić information content (AvgIpc) is 3.07. The number of ether oxygens (including phenoxy) is 1. The molecule has 2 aromatic rings. The van der Waals surface area contributed by atoms with Crippen LogP contribution in [0.4, 0.5) is 10.1 Å². The monoisotopic (exact) mass is 408 g/mol. The Kier molecular flexibility index (Phi) is 5.97. The molecular formula is C19H21FN2O5S. The van der Waals surface area contributed by atoms with Gasteiger partial charge < -0.3 is 15.2 Å². The zero-order valence-corrected chi connectivity index (χ0v) is 16.0. The zero-order valence-electron chi connectivity index (χ0n) is 15.2. The molecule has 1 aliphatic rings. The number of nitrogens with one attached hydrogen (secondary N) is 2. The first-order valence-corrected chi connectivity index (χ1v) is 10.2. The predicted octanol–water partition coefficient (Wildman–Crippen LogP) is 2.28. The number of benzene rings is 2. The Balaban J connectivity index is 1.84. The first-order chi connectivity index (χ1) is 13.3. The molecule has 3 rings (SSSR count). The highest BCUT2D eigenvalue weighted by molar-refractivity contribution is 7.89. The third-order valence-electron chi connectivity index (χ3n) is 4.55. The van der Waals surface area contributed by atoms with E-state index in [1.807, 2.05) is 0 Å². The van der Waals surface area contributed by atoms with Gasteiger partial charge in [0.05, 0.1) is 23.7 Å². The summed E-state index contributed by atoms with van der Waals surface area (Å²) in [5.41, 5.74) is 0.390. The molecule has 0 aliphatic heterocycles. The zero-order chi connectivity index (χ0) is 20.3. The van der Waals surface area contributed by atoms with Crippen molar-refractivity contribution < 1.29 is 27.4 Å². The Morgan fingerprint density at radius 3 is 2.50 bits per heavy atom. The number of anilines is 1. The van der Waals surface area contributed by atoms with Gasteiger partial charge in [0.2, 0.25) is 10.0 Å². The Morgan fingerprint density at radius 1 is 1.18 bits per heavy atom. The second-order valence-electron chi connectivity index (χ2n) is 6.61. The molecule has 28 heavy (non-hydrogen) atoms. The number of hydrogen-bond acceptors (Lipinski definition) is 5. The summed E-state index contributed by atoms with van der Waals surface area (Å²) in [7, 11) is -2.50. The van der Waals surface area contributed by atoms with E-state index < -0.39 is 27.9 Å². The van der Waals surface area contributed by atoms with E-state index in [9.17, 15) is 22.7 Å². The fourth-order valence-electron chi connectivity index (χ4n) is 3.12. The molecule has 3 N–H and O–H groups in total. The fourth-order valence-corrected chi connectivity index (χ4v) is 4.42. The molecule has 0 heterocycles. The molecule has 0 saturated heterocycles. The van der Waals surface area contributed by atoms with Crippen molar-refractivity contribution in [3.63, 3.8) is 0 Å². The first-order valence-electron chi connectivity index (χ1n) is 8.74. The predicted molar refractivity (Wildman–Crippen MR) is 101 cm³/mol. The maximum absolute atomic E-state index is 13.0. The summed E-state index contributed by atoms with van der Waals surface area (Å²) in [6.07, 6.45) is 0.934. The summed E-state index contributed by atoms with van der Waals surface area (Å²) in [5, 5.41) is 12.2. The number of amides is 1. The van der Waals surface area contributed by atoms with E-state index in [4.69, 9.17) is 4.74 Å². The minimum absolute atomic E-state index is 0.0288. The molecule has 0 aromatic heterocycles. The third kappa shape index (κ3) is 4.67. The highest BCUT2D eigenvalue weighted by Crippen LogP contribution is 2.26. The number of aliphatic hydroxyl groups is 1. The van der Waals surface area contributed by atoms with E-state index in [-0.39, 0.29) is 22.3 Å². The van der Waals surface area contributed by atoms with Crippen LogP contribution in [0.1, 0.15) is 29.6 Å². The lowest BCUT2D eigenvalue weighted by molar-refractivity contribution is 0.102. The molecule has 9 heteroatoms. The van der Waals surface area contributed by atoms with Crippen LogP contribution in [0, 0.1) is 5.82 Å². The number of carbonyl (C=O) groups excluding carboxylic acids is 1. The van der Waals surface area contributed by atoms with E-state index >= 15 is 0 Å². The molecule has 2 aromatic carbocycles. The van der Waals surface area contributed by atoms with Crippen LogP contribution in [0.15, 0.2) is 47.4 Å². The molecule has 0 bridgehead atoms. The number of hydrogen-bond donors (Lipinski definition) is 3. The summed E-state index contributed by atoms with van der Waals surface area (Å²) in [4.78, 5) is 12.5. The van der Waals surface area contributed by atoms with Crippen molar-refractivity contribution in [3.05, 3.63) is 53.8 Å². The summed E-state index contributed by atoms with van der Waals surface area (Å²) in [6.45, 7) is 0. The smallest absolute Gasteiger partial charge is 0.259 e. The Hall–Kier alpha value is -2.49. The molecule has 1 aliphatic carbocycles. The molecule has 7 nitrogen and oxygen atoms in total. The van der Waals surface area contributed by atoms with E-state index in [0.717, 1.165) is 0 Å². The lowest BCUT2D eigenvalue weighted by atomic mass is 10.2. The quantitative estimate of drug-likeness (QED) is 0.680. The largest absolute Gasteiger partial charge is 0.496 e. The summed E-state index contributed by atoms with van der Waals surface area (Å²) in [5.74, 6) is -0.821. The van der Waals surface area contributed by atoms with Gasteiger partial charge in [-0.3, -0.25) is 4.79 Å². The number of sulfonamides is 1. The molecular weight excluding hydrogens is 387 g/mol. The second kappa shape index (κ2) is 8.26. The molecule has 0 unspecified atom stereocenters. The van der Waals surface area contributed by atoms with Crippen LogP contribution in [0.3, 0.4) is 0 Å². The first kappa shape index (κ1) is 20.2. The Morgan fingerprint density at radius 2 is 1.89 bits per heavy atom. The maximum atomic E-state index is 13.0. The molecule has 1 saturated carbocycles. The van der Waals surface area contributed by atoms with Gasteiger partial charge in [-0.25, -0.2) is 17.5 Å². The van der Waals surface area contributed by atoms with E-state index in [1.165, 1.54) is 49.6 Å². The number of rotatable bonds is 6. The van der Waals surface area contributed by atoms with Crippen molar-refractivity contribution in [3.8, 4) is 5.75 Å². The number of carbonyl (C=O) groups is 1. The Labute approximate surface area is 162 Å². The number of methoxy groups -OCH3 is 1. The van der Waals surface area contributed by atoms with Crippen LogP contribution in [0.25, 0.3) is 0 Å². The van der Waals surface area contributed by atoms with Gasteiger partial charge in [-0.2, -0.15) is 0 Å². The standard InChI is InChI=1S/C19H21FN2O5S/c1-27-18-9-8-16(28(25,26)22-14-6-7-15(23)10-14)11-17(18)19(24)21-13-4-2-12(20)3-5-13/h2-5,8-9,11,14-15,22-23H,6-7,10H2,1H3,(H,21,24)/t14-,15+/m0/s1. The van der Waals surface area contributed by atoms with Crippen molar-refractivity contribution in [1.82, 2.24) is 4.72 Å². The van der Waals surface area contributed by atoms with Crippen molar-refractivity contribution in [2.75, 3.05) is 12.4 Å². The van der Waals surface area contributed by atoms with Gasteiger partial charge in [-0.15, -0.1) is 0 Å². The van der Waals surface area contributed by atoms with Crippen molar-refractivity contribution in [2.45, 2.75) is 36.3 Å². The van der Waals surface area contributed by atoms with E-state index in [2.05, 4.69) is 10.0 Å². The highest BCUT2D eigenvalue weighted by atomic mass is 32.2. The van der Waals surface area contributed by atoms with Gasteiger partial charge >= 0.3 is 0 Å². The summed E-state index contributed by atoms with van der Waals surface area (Å²) < 4.78 is 46.1. The molecule has 1 fully saturated rings. The van der Waals surface area contributed by atoms with Crippen LogP contribution in [0.2, 0.25) is 0 Å². The van der Waals surface area contributed by atoms with Gasteiger partial charge in [0.1, 0.15) is 11.6 Å². The van der Waals surface area contributed by atoms with Gasteiger partial charge in [-0.05, 0) is 61.7 Å². The Bertz CT molecular complexity index is 963. The molecule has 0 spiro atoms. The minimum atomic E-state index is -3.87.